The number of hydrogen-bond donors (Lipinski definition) is 0. The first-order chi connectivity index (χ1) is 12.5. The molecule has 0 N–H and O–H groups in total. The molecule has 0 amide bonds. The summed E-state index contributed by atoms with van der Waals surface area (Å²) >= 11 is 12.3. The van der Waals surface area contributed by atoms with Gasteiger partial charge in [0.15, 0.2) is 5.65 Å². The van der Waals surface area contributed by atoms with Crippen molar-refractivity contribution in [3.8, 4) is 28.5 Å². The molecular formula is C19H11Cl2N5. The number of benzene rings is 1. The Morgan fingerprint density at radius 1 is 1.00 bits per heavy atom. The fraction of sp³-hybridized carbons (Fsp3) is 0.0526. The summed E-state index contributed by atoms with van der Waals surface area (Å²) in [6, 6.07) is 14.8. The van der Waals surface area contributed by atoms with Gasteiger partial charge in [-0.2, -0.15) is 10.4 Å². The average Bonchev–Trinajstić information content (AvgIpc) is 2.99. The molecule has 0 unspecified atom stereocenters. The van der Waals surface area contributed by atoms with E-state index in [1.165, 1.54) is 0 Å². The molecule has 0 aliphatic heterocycles. The minimum absolute atomic E-state index is 0.368. The maximum atomic E-state index is 9.21. The molecule has 5 nitrogen and oxygen atoms in total. The summed E-state index contributed by atoms with van der Waals surface area (Å²) in [6.07, 6.45) is 1.75. The fourth-order valence-electron chi connectivity index (χ4n) is 2.88. The standard InChI is InChI=1S/C19H11Cl2N5/c1-11-7-14(9-16(21)23-11)17-18(13-4-2-3-12(8-13)10-22)25-26-6-5-15(20)24-19(17)26/h2-9H,1H3. The minimum Gasteiger partial charge on any atom is -0.241 e. The number of pyridine rings is 1. The molecule has 126 valence electrons. The van der Waals surface area contributed by atoms with Crippen LogP contribution in [0.4, 0.5) is 0 Å². The van der Waals surface area contributed by atoms with Gasteiger partial charge in [-0.1, -0.05) is 35.3 Å². The number of halogens is 2. The second-order valence-corrected chi connectivity index (χ2v) is 6.53. The maximum Gasteiger partial charge on any atom is 0.165 e. The van der Waals surface area contributed by atoms with Gasteiger partial charge in [-0.15, -0.1) is 0 Å². The maximum absolute atomic E-state index is 9.21. The smallest absolute Gasteiger partial charge is 0.165 e. The molecule has 1 aromatic carbocycles. The van der Waals surface area contributed by atoms with Gasteiger partial charge in [-0.05, 0) is 42.8 Å². The molecule has 7 heteroatoms. The molecule has 0 fully saturated rings. The van der Waals surface area contributed by atoms with E-state index in [0.29, 0.717) is 27.2 Å². The van der Waals surface area contributed by atoms with Crippen molar-refractivity contribution in [3.63, 3.8) is 0 Å². The highest BCUT2D eigenvalue weighted by Gasteiger charge is 2.19. The minimum atomic E-state index is 0.368. The first kappa shape index (κ1) is 16.5. The van der Waals surface area contributed by atoms with Crippen LogP contribution in [-0.4, -0.2) is 19.6 Å². The van der Waals surface area contributed by atoms with Gasteiger partial charge in [0.1, 0.15) is 16.0 Å². The second-order valence-electron chi connectivity index (χ2n) is 5.75. The van der Waals surface area contributed by atoms with Crippen LogP contribution in [0.5, 0.6) is 0 Å². The summed E-state index contributed by atoms with van der Waals surface area (Å²) in [4.78, 5) is 8.66. The van der Waals surface area contributed by atoms with Gasteiger partial charge in [0, 0.05) is 17.5 Å². The van der Waals surface area contributed by atoms with Crippen LogP contribution < -0.4 is 0 Å². The summed E-state index contributed by atoms with van der Waals surface area (Å²) in [7, 11) is 0. The summed E-state index contributed by atoms with van der Waals surface area (Å²) in [5.74, 6) is 0. The summed E-state index contributed by atoms with van der Waals surface area (Å²) in [5, 5.41) is 14.6. The highest BCUT2D eigenvalue weighted by atomic mass is 35.5. The zero-order chi connectivity index (χ0) is 18.3. The summed E-state index contributed by atoms with van der Waals surface area (Å²) in [6.45, 7) is 1.87. The lowest BCUT2D eigenvalue weighted by molar-refractivity contribution is 0.943. The molecule has 3 aromatic heterocycles. The van der Waals surface area contributed by atoms with Crippen molar-refractivity contribution in [2.24, 2.45) is 0 Å². The largest absolute Gasteiger partial charge is 0.241 e. The number of nitriles is 1. The molecule has 0 atom stereocenters. The number of aromatic nitrogens is 4. The molecule has 0 aliphatic rings. The molecular weight excluding hydrogens is 369 g/mol. The van der Waals surface area contributed by atoms with E-state index in [-0.39, 0.29) is 0 Å². The second kappa shape index (κ2) is 6.41. The summed E-state index contributed by atoms with van der Waals surface area (Å²) < 4.78 is 1.67. The summed E-state index contributed by atoms with van der Waals surface area (Å²) in [5.41, 5.74) is 5.08. The Kier molecular flexibility index (Phi) is 4.08. The van der Waals surface area contributed by atoms with Gasteiger partial charge in [0.2, 0.25) is 0 Å². The fourth-order valence-corrected chi connectivity index (χ4v) is 3.27. The van der Waals surface area contributed by atoms with E-state index < -0.39 is 0 Å². The molecule has 0 radical (unpaired) electrons. The normalized spacial score (nSPS) is 10.8. The van der Waals surface area contributed by atoms with Crippen LogP contribution in [0.25, 0.3) is 28.0 Å². The van der Waals surface area contributed by atoms with Crippen LogP contribution in [0.2, 0.25) is 10.3 Å². The van der Waals surface area contributed by atoms with E-state index in [1.54, 1.807) is 35.0 Å². The quantitative estimate of drug-likeness (QED) is 0.365. The number of aryl methyl sites for hydroxylation is 1. The Balaban J connectivity index is 2.08. The van der Waals surface area contributed by atoms with E-state index in [9.17, 15) is 5.26 Å². The third-order valence-corrected chi connectivity index (χ3v) is 4.33. The van der Waals surface area contributed by atoms with Gasteiger partial charge in [0.05, 0.1) is 17.2 Å². The molecule has 26 heavy (non-hydrogen) atoms. The van der Waals surface area contributed by atoms with Crippen molar-refractivity contribution >= 4 is 28.8 Å². The van der Waals surface area contributed by atoms with E-state index in [1.807, 2.05) is 25.1 Å². The Hall–Kier alpha value is -2.94. The molecule has 3 heterocycles. The first-order valence-corrected chi connectivity index (χ1v) is 8.51. The molecule has 4 rings (SSSR count). The van der Waals surface area contributed by atoms with Crippen LogP contribution in [-0.2, 0) is 0 Å². The van der Waals surface area contributed by atoms with Crippen LogP contribution >= 0.6 is 23.2 Å². The highest BCUT2D eigenvalue weighted by molar-refractivity contribution is 6.30. The molecule has 0 spiro atoms. The molecule has 4 aromatic rings. The predicted molar refractivity (Wildman–Crippen MR) is 101 cm³/mol. The molecule has 0 bridgehead atoms. The lowest BCUT2D eigenvalue weighted by Gasteiger charge is -2.06. The van der Waals surface area contributed by atoms with Crippen LogP contribution in [0.1, 0.15) is 11.3 Å². The average molecular weight is 380 g/mol. The lowest BCUT2D eigenvalue weighted by atomic mass is 10.0. The zero-order valence-electron chi connectivity index (χ0n) is 13.6. The predicted octanol–water partition coefficient (Wildman–Crippen LogP) is 4.95. The Labute approximate surface area is 159 Å². The third-order valence-electron chi connectivity index (χ3n) is 3.93. The number of nitrogens with zero attached hydrogens (tertiary/aromatic N) is 5. The molecule has 0 saturated carbocycles. The van der Waals surface area contributed by atoms with Crippen LogP contribution in [0.15, 0.2) is 48.7 Å². The van der Waals surface area contributed by atoms with Crippen molar-refractivity contribution in [3.05, 3.63) is 70.2 Å². The molecule has 0 saturated heterocycles. The van der Waals surface area contributed by atoms with Crippen molar-refractivity contribution in [1.29, 1.82) is 5.26 Å². The zero-order valence-corrected chi connectivity index (χ0v) is 15.1. The van der Waals surface area contributed by atoms with Crippen molar-refractivity contribution in [2.75, 3.05) is 0 Å². The Morgan fingerprint density at radius 3 is 2.62 bits per heavy atom. The van der Waals surface area contributed by atoms with Crippen molar-refractivity contribution < 1.29 is 0 Å². The van der Waals surface area contributed by atoms with Crippen molar-refractivity contribution in [1.82, 2.24) is 19.6 Å². The Morgan fingerprint density at radius 2 is 1.85 bits per heavy atom. The Bertz CT molecular complexity index is 1170. The third kappa shape index (κ3) is 2.90. The van der Waals surface area contributed by atoms with E-state index in [4.69, 9.17) is 23.2 Å². The monoisotopic (exact) mass is 379 g/mol. The topological polar surface area (TPSA) is 66.9 Å². The SMILES string of the molecule is Cc1cc(-c2c(-c3cccc(C#N)c3)nn3ccc(Cl)nc23)cc(Cl)n1. The van der Waals surface area contributed by atoms with Gasteiger partial charge in [0.25, 0.3) is 0 Å². The van der Waals surface area contributed by atoms with E-state index in [0.717, 1.165) is 22.4 Å². The number of hydrogen-bond acceptors (Lipinski definition) is 4. The van der Waals surface area contributed by atoms with E-state index >= 15 is 0 Å². The molecule has 0 aliphatic carbocycles. The number of rotatable bonds is 2. The number of fused-ring (bicyclic) bond motifs is 1. The highest BCUT2D eigenvalue weighted by Crippen LogP contribution is 2.36. The van der Waals surface area contributed by atoms with Crippen molar-refractivity contribution in [2.45, 2.75) is 6.92 Å². The van der Waals surface area contributed by atoms with Gasteiger partial charge < -0.3 is 0 Å². The first-order valence-electron chi connectivity index (χ1n) is 7.75. The van der Waals surface area contributed by atoms with Gasteiger partial charge in [-0.3, -0.25) is 0 Å². The van der Waals surface area contributed by atoms with Gasteiger partial charge in [-0.25, -0.2) is 14.5 Å². The van der Waals surface area contributed by atoms with Crippen LogP contribution in [0.3, 0.4) is 0 Å². The lowest BCUT2D eigenvalue weighted by Crippen LogP contribution is -1.90. The van der Waals surface area contributed by atoms with E-state index in [2.05, 4.69) is 21.1 Å². The van der Waals surface area contributed by atoms with Gasteiger partial charge >= 0.3 is 0 Å². The van der Waals surface area contributed by atoms with Crippen LogP contribution in [0, 0.1) is 18.3 Å².